The molecule has 0 bridgehead atoms. The lowest BCUT2D eigenvalue weighted by atomic mass is 9.84. The van der Waals surface area contributed by atoms with Crippen LogP contribution >= 0.6 is 0 Å². The van der Waals surface area contributed by atoms with Crippen molar-refractivity contribution in [2.45, 2.75) is 45.3 Å². The van der Waals surface area contributed by atoms with Gasteiger partial charge in [-0.3, -0.25) is 4.79 Å². The van der Waals surface area contributed by atoms with Crippen LogP contribution < -0.4 is 0 Å². The molecule has 0 aromatic rings. The van der Waals surface area contributed by atoms with Crippen LogP contribution in [0, 0.1) is 5.92 Å². The van der Waals surface area contributed by atoms with Gasteiger partial charge in [-0.2, -0.15) is 0 Å². The molecule has 2 aliphatic rings. The predicted octanol–water partition coefficient (Wildman–Crippen LogP) is 1.58. The number of amides is 1. The summed E-state index contributed by atoms with van der Waals surface area (Å²) in [7, 11) is 0. The molecule has 1 aliphatic carbocycles. The van der Waals surface area contributed by atoms with Crippen LogP contribution in [0.1, 0.15) is 33.1 Å². The highest BCUT2D eigenvalue weighted by Crippen LogP contribution is 2.29. The number of ketones is 1. The third-order valence-corrected chi connectivity index (χ3v) is 3.36. The lowest BCUT2D eigenvalue weighted by Gasteiger charge is -2.33. The number of ether oxygens (including phenoxy) is 1. The molecule has 4 heteroatoms. The number of hydrogen-bond acceptors (Lipinski definition) is 3. The second-order valence-electron chi connectivity index (χ2n) is 4.67. The third-order valence-electron chi connectivity index (χ3n) is 3.36. The maximum Gasteiger partial charge on any atom is 0.410 e. The second-order valence-corrected chi connectivity index (χ2v) is 4.67. The van der Waals surface area contributed by atoms with Gasteiger partial charge in [-0.25, -0.2) is 4.79 Å². The topological polar surface area (TPSA) is 46.6 Å². The molecule has 3 unspecified atom stereocenters. The van der Waals surface area contributed by atoms with E-state index in [1.54, 1.807) is 4.90 Å². The molecule has 1 heterocycles. The molecular weight excluding hydrogens is 194 g/mol. The van der Waals surface area contributed by atoms with Gasteiger partial charge < -0.3 is 9.64 Å². The largest absolute Gasteiger partial charge is 0.444 e. The zero-order valence-corrected chi connectivity index (χ0v) is 9.23. The van der Waals surface area contributed by atoms with E-state index in [0.29, 0.717) is 25.3 Å². The number of nitrogens with zero attached hydrogens (tertiary/aromatic N) is 1. The minimum Gasteiger partial charge on any atom is -0.444 e. The fraction of sp³-hybridized carbons (Fsp3) is 0.818. The van der Waals surface area contributed by atoms with E-state index >= 15 is 0 Å². The highest BCUT2D eigenvalue weighted by Gasteiger charge is 2.39. The molecular formula is C11H17NO3. The van der Waals surface area contributed by atoms with Gasteiger partial charge in [-0.15, -0.1) is 0 Å². The Labute approximate surface area is 89.6 Å². The van der Waals surface area contributed by atoms with Crippen molar-refractivity contribution >= 4 is 11.9 Å². The molecule has 0 radical (unpaired) electrons. The van der Waals surface area contributed by atoms with Crippen molar-refractivity contribution in [3.05, 3.63) is 0 Å². The number of hydrogen-bond donors (Lipinski definition) is 0. The predicted molar refractivity (Wildman–Crippen MR) is 54.5 cm³/mol. The van der Waals surface area contributed by atoms with Gasteiger partial charge in [0.15, 0.2) is 0 Å². The van der Waals surface area contributed by atoms with Gasteiger partial charge in [0.05, 0.1) is 6.54 Å². The fourth-order valence-corrected chi connectivity index (χ4v) is 2.43. The normalized spacial score (nSPS) is 36.9. The Bertz CT molecular complexity index is 290. The molecule has 84 valence electrons. The summed E-state index contributed by atoms with van der Waals surface area (Å²) in [5, 5.41) is 0. The van der Waals surface area contributed by atoms with Crippen molar-refractivity contribution in [2.24, 2.45) is 5.92 Å². The Hall–Kier alpha value is -1.06. The molecule has 0 N–H and O–H groups in total. The Morgan fingerprint density at radius 2 is 2.07 bits per heavy atom. The van der Waals surface area contributed by atoms with Crippen molar-refractivity contribution in [3.8, 4) is 0 Å². The van der Waals surface area contributed by atoms with Gasteiger partial charge in [0.25, 0.3) is 0 Å². The standard InChI is InChI=1S/C11H17NO3/c1-7-3-4-9(13)5-10(7)12-6-8(2)15-11(12)14/h7-8,10H,3-6H2,1-2H3. The van der Waals surface area contributed by atoms with Crippen molar-refractivity contribution in [1.82, 2.24) is 4.90 Å². The molecule has 0 aromatic heterocycles. The maximum atomic E-state index is 11.5. The van der Waals surface area contributed by atoms with E-state index in [1.165, 1.54) is 0 Å². The van der Waals surface area contributed by atoms with E-state index in [0.717, 1.165) is 6.42 Å². The van der Waals surface area contributed by atoms with Crippen LogP contribution in [0.25, 0.3) is 0 Å². The molecule has 1 aliphatic heterocycles. The van der Waals surface area contributed by atoms with Crippen LogP contribution in [0.15, 0.2) is 0 Å². The van der Waals surface area contributed by atoms with Gasteiger partial charge in [0, 0.05) is 18.9 Å². The Morgan fingerprint density at radius 1 is 1.33 bits per heavy atom. The summed E-state index contributed by atoms with van der Waals surface area (Å²) < 4.78 is 5.09. The van der Waals surface area contributed by atoms with Gasteiger partial charge in [-0.1, -0.05) is 6.92 Å². The molecule has 0 spiro atoms. The summed E-state index contributed by atoms with van der Waals surface area (Å²) in [5.74, 6) is 0.672. The zero-order chi connectivity index (χ0) is 11.0. The van der Waals surface area contributed by atoms with E-state index in [4.69, 9.17) is 4.74 Å². The van der Waals surface area contributed by atoms with E-state index < -0.39 is 0 Å². The Morgan fingerprint density at radius 3 is 2.67 bits per heavy atom. The van der Waals surface area contributed by atoms with Crippen LogP contribution in [0.5, 0.6) is 0 Å². The summed E-state index contributed by atoms with van der Waals surface area (Å²) in [6, 6.07) is 0.0590. The minimum absolute atomic E-state index is 0.0401. The molecule has 1 saturated carbocycles. The number of carbonyl (C=O) groups excluding carboxylic acids is 2. The van der Waals surface area contributed by atoms with Crippen LogP contribution in [0.3, 0.4) is 0 Å². The first-order valence-electron chi connectivity index (χ1n) is 5.57. The monoisotopic (exact) mass is 211 g/mol. The lowest BCUT2D eigenvalue weighted by molar-refractivity contribution is -0.122. The third kappa shape index (κ3) is 1.98. The first kappa shape index (κ1) is 10.5. The summed E-state index contributed by atoms with van der Waals surface area (Å²) in [6.45, 7) is 4.61. The number of carbonyl (C=O) groups is 2. The molecule has 15 heavy (non-hydrogen) atoms. The quantitative estimate of drug-likeness (QED) is 0.661. The molecule has 2 fully saturated rings. The van der Waals surface area contributed by atoms with Crippen molar-refractivity contribution in [1.29, 1.82) is 0 Å². The average molecular weight is 211 g/mol. The zero-order valence-electron chi connectivity index (χ0n) is 9.23. The summed E-state index contributed by atoms with van der Waals surface area (Å²) in [4.78, 5) is 24.6. The van der Waals surface area contributed by atoms with Gasteiger partial charge >= 0.3 is 6.09 Å². The fourth-order valence-electron chi connectivity index (χ4n) is 2.43. The Kier molecular flexibility index (Phi) is 2.67. The SMILES string of the molecule is CC1CN(C2CC(=O)CCC2C)C(=O)O1. The van der Waals surface area contributed by atoms with Crippen LogP contribution in [-0.2, 0) is 9.53 Å². The van der Waals surface area contributed by atoms with Crippen LogP contribution in [0.4, 0.5) is 4.79 Å². The van der Waals surface area contributed by atoms with Crippen molar-refractivity contribution < 1.29 is 14.3 Å². The maximum absolute atomic E-state index is 11.5. The number of rotatable bonds is 1. The molecule has 1 amide bonds. The highest BCUT2D eigenvalue weighted by atomic mass is 16.6. The second kappa shape index (κ2) is 3.83. The summed E-state index contributed by atoms with van der Waals surface area (Å²) in [5.41, 5.74) is 0. The molecule has 4 nitrogen and oxygen atoms in total. The van der Waals surface area contributed by atoms with Gasteiger partial charge in [-0.05, 0) is 19.3 Å². The Balaban J connectivity index is 2.08. The van der Waals surface area contributed by atoms with E-state index in [-0.39, 0.29) is 24.0 Å². The average Bonchev–Trinajstić information content (AvgIpc) is 2.50. The van der Waals surface area contributed by atoms with E-state index in [1.807, 2.05) is 6.92 Å². The number of cyclic esters (lactones) is 1. The first-order chi connectivity index (χ1) is 7.08. The van der Waals surface area contributed by atoms with Crippen LogP contribution in [-0.4, -0.2) is 35.5 Å². The molecule has 0 aromatic carbocycles. The van der Waals surface area contributed by atoms with Gasteiger partial charge in [0.2, 0.25) is 0 Å². The minimum atomic E-state index is -0.256. The van der Waals surface area contributed by atoms with Crippen molar-refractivity contribution in [2.75, 3.05) is 6.54 Å². The van der Waals surface area contributed by atoms with E-state index in [2.05, 4.69) is 6.92 Å². The molecule has 2 rings (SSSR count). The smallest absolute Gasteiger partial charge is 0.410 e. The summed E-state index contributed by atoms with van der Waals surface area (Å²) >= 11 is 0. The first-order valence-corrected chi connectivity index (χ1v) is 5.57. The van der Waals surface area contributed by atoms with E-state index in [9.17, 15) is 9.59 Å². The number of Topliss-reactive ketones (excluding diaryl/α,β-unsaturated/α-hetero) is 1. The molecule has 1 saturated heterocycles. The summed E-state index contributed by atoms with van der Waals surface area (Å²) in [6.07, 6.45) is 1.76. The van der Waals surface area contributed by atoms with Crippen LogP contribution in [0.2, 0.25) is 0 Å². The van der Waals surface area contributed by atoms with Gasteiger partial charge in [0.1, 0.15) is 11.9 Å². The lowest BCUT2D eigenvalue weighted by Crippen LogP contribution is -2.44. The van der Waals surface area contributed by atoms with Crippen molar-refractivity contribution in [3.63, 3.8) is 0 Å². The molecule has 3 atom stereocenters. The highest BCUT2D eigenvalue weighted by molar-refractivity contribution is 5.81.